The number of hydrogen-bond donors (Lipinski definition) is 1. The SMILES string of the molecule is Cc1ccc([N+](=O)[O-])cc1NC(=O)c1cccc(S(=O)(=O)N(C)c2ccccc2C)c1. The summed E-state index contributed by atoms with van der Waals surface area (Å²) in [5, 5.41) is 13.6. The second-order valence-corrected chi connectivity index (χ2v) is 8.97. The third kappa shape index (κ3) is 4.56. The number of aryl methyl sites for hydroxylation is 2. The van der Waals surface area contributed by atoms with Crippen LogP contribution in [0.3, 0.4) is 0 Å². The van der Waals surface area contributed by atoms with Gasteiger partial charge in [-0.3, -0.25) is 19.2 Å². The Bertz CT molecular complexity index is 1270. The molecule has 0 heterocycles. The van der Waals surface area contributed by atoms with Crippen LogP contribution in [0.2, 0.25) is 0 Å². The molecule has 3 aromatic rings. The lowest BCUT2D eigenvalue weighted by molar-refractivity contribution is -0.384. The summed E-state index contributed by atoms with van der Waals surface area (Å²) >= 11 is 0. The van der Waals surface area contributed by atoms with E-state index in [0.29, 0.717) is 11.3 Å². The third-order valence-corrected chi connectivity index (χ3v) is 6.66. The summed E-state index contributed by atoms with van der Waals surface area (Å²) in [5.41, 5.74) is 2.21. The molecule has 8 nitrogen and oxygen atoms in total. The molecule has 0 radical (unpaired) electrons. The minimum Gasteiger partial charge on any atom is -0.321 e. The summed E-state index contributed by atoms with van der Waals surface area (Å²) in [7, 11) is -2.45. The first kappa shape index (κ1) is 22.0. The molecule has 0 aromatic heterocycles. The fourth-order valence-electron chi connectivity index (χ4n) is 3.05. The van der Waals surface area contributed by atoms with Crippen molar-refractivity contribution in [3.05, 3.63) is 93.5 Å². The van der Waals surface area contributed by atoms with Gasteiger partial charge in [-0.1, -0.05) is 30.3 Å². The normalized spacial score (nSPS) is 11.1. The van der Waals surface area contributed by atoms with E-state index in [0.717, 1.165) is 5.56 Å². The number of amides is 1. The van der Waals surface area contributed by atoms with Crippen molar-refractivity contribution >= 4 is 33.0 Å². The van der Waals surface area contributed by atoms with E-state index in [2.05, 4.69) is 5.32 Å². The number of nitro groups is 1. The molecule has 0 aliphatic carbocycles. The molecule has 0 bridgehead atoms. The van der Waals surface area contributed by atoms with Crippen LogP contribution >= 0.6 is 0 Å². The molecule has 160 valence electrons. The van der Waals surface area contributed by atoms with Crippen molar-refractivity contribution in [1.29, 1.82) is 0 Å². The molecule has 0 saturated heterocycles. The molecule has 0 spiro atoms. The highest BCUT2D eigenvalue weighted by atomic mass is 32.2. The highest BCUT2D eigenvalue weighted by molar-refractivity contribution is 7.92. The summed E-state index contributed by atoms with van der Waals surface area (Å²) in [6.45, 7) is 3.52. The van der Waals surface area contributed by atoms with Crippen LogP contribution in [0.25, 0.3) is 0 Å². The molecular weight excluding hydrogens is 418 g/mol. The Labute approximate surface area is 180 Å². The average Bonchev–Trinajstić information content (AvgIpc) is 2.75. The van der Waals surface area contributed by atoms with Gasteiger partial charge in [0, 0.05) is 24.7 Å². The molecule has 3 rings (SSSR count). The number of nitro benzene ring substituents is 1. The van der Waals surface area contributed by atoms with Gasteiger partial charge in [0.15, 0.2) is 0 Å². The van der Waals surface area contributed by atoms with Gasteiger partial charge in [0.1, 0.15) is 0 Å². The van der Waals surface area contributed by atoms with Gasteiger partial charge in [-0.25, -0.2) is 8.42 Å². The number of sulfonamides is 1. The molecule has 3 aromatic carbocycles. The molecule has 0 aliphatic rings. The largest absolute Gasteiger partial charge is 0.321 e. The van der Waals surface area contributed by atoms with Crippen LogP contribution in [0.15, 0.2) is 71.6 Å². The van der Waals surface area contributed by atoms with Gasteiger partial charge in [-0.05, 0) is 49.2 Å². The van der Waals surface area contributed by atoms with Crippen LogP contribution < -0.4 is 9.62 Å². The molecule has 0 fully saturated rings. The molecule has 0 atom stereocenters. The van der Waals surface area contributed by atoms with Crippen molar-refractivity contribution in [2.45, 2.75) is 18.7 Å². The lowest BCUT2D eigenvalue weighted by Gasteiger charge is -2.21. The summed E-state index contributed by atoms with van der Waals surface area (Å²) < 4.78 is 27.4. The fourth-order valence-corrected chi connectivity index (χ4v) is 4.36. The van der Waals surface area contributed by atoms with E-state index in [-0.39, 0.29) is 21.8 Å². The highest BCUT2D eigenvalue weighted by Crippen LogP contribution is 2.26. The van der Waals surface area contributed by atoms with Gasteiger partial charge in [0.2, 0.25) is 0 Å². The lowest BCUT2D eigenvalue weighted by atomic mass is 10.1. The Kier molecular flexibility index (Phi) is 6.07. The predicted molar refractivity (Wildman–Crippen MR) is 119 cm³/mol. The number of rotatable bonds is 6. The molecule has 0 saturated carbocycles. The summed E-state index contributed by atoms with van der Waals surface area (Å²) in [5.74, 6) is -0.570. The van der Waals surface area contributed by atoms with Crippen molar-refractivity contribution < 1.29 is 18.1 Å². The lowest BCUT2D eigenvalue weighted by Crippen LogP contribution is -2.27. The van der Waals surface area contributed by atoms with Crippen LogP contribution in [0.1, 0.15) is 21.5 Å². The van der Waals surface area contributed by atoms with Crippen LogP contribution in [0, 0.1) is 24.0 Å². The van der Waals surface area contributed by atoms with Gasteiger partial charge < -0.3 is 5.32 Å². The van der Waals surface area contributed by atoms with Crippen molar-refractivity contribution in [3.63, 3.8) is 0 Å². The number of nitrogens with zero attached hydrogens (tertiary/aromatic N) is 2. The summed E-state index contributed by atoms with van der Waals surface area (Å²) in [4.78, 5) is 23.1. The van der Waals surface area contributed by atoms with E-state index in [9.17, 15) is 23.3 Å². The Balaban J connectivity index is 1.91. The van der Waals surface area contributed by atoms with Crippen LogP contribution in [-0.4, -0.2) is 26.3 Å². The van der Waals surface area contributed by atoms with E-state index < -0.39 is 20.9 Å². The second kappa shape index (κ2) is 8.57. The zero-order valence-corrected chi connectivity index (χ0v) is 18.0. The summed E-state index contributed by atoms with van der Waals surface area (Å²) in [6, 6.07) is 16.9. The monoisotopic (exact) mass is 439 g/mol. The van der Waals surface area contributed by atoms with Crippen LogP contribution in [-0.2, 0) is 10.0 Å². The highest BCUT2D eigenvalue weighted by Gasteiger charge is 2.23. The number of nitrogens with one attached hydrogen (secondary N) is 1. The quantitative estimate of drug-likeness (QED) is 0.455. The first-order valence-corrected chi connectivity index (χ1v) is 10.8. The maximum atomic E-state index is 13.1. The predicted octanol–water partition coefficient (Wildman–Crippen LogP) is 4.29. The molecule has 0 unspecified atom stereocenters. The number of carbonyl (C=O) groups is 1. The molecule has 1 N–H and O–H groups in total. The van der Waals surface area contributed by atoms with Gasteiger partial charge in [-0.2, -0.15) is 0 Å². The first-order valence-electron chi connectivity index (χ1n) is 9.32. The van der Waals surface area contributed by atoms with Crippen molar-refractivity contribution in [1.82, 2.24) is 0 Å². The van der Waals surface area contributed by atoms with Crippen molar-refractivity contribution in [3.8, 4) is 0 Å². The average molecular weight is 439 g/mol. The van der Waals surface area contributed by atoms with E-state index in [1.807, 2.05) is 19.1 Å². The van der Waals surface area contributed by atoms with E-state index in [4.69, 9.17) is 0 Å². The van der Waals surface area contributed by atoms with Crippen LogP contribution in [0.5, 0.6) is 0 Å². The number of hydrogen-bond acceptors (Lipinski definition) is 5. The number of para-hydroxylation sites is 1. The molecule has 0 aliphatic heterocycles. The minimum absolute atomic E-state index is 0.0401. The van der Waals surface area contributed by atoms with Crippen LogP contribution in [0.4, 0.5) is 17.1 Å². The molecular formula is C22H21N3O5S. The standard InChI is InChI=1S/C22H21N3O5S/c1-15-11-12-18(25(27)28)14-20(15)23-22(26)17-8-6-9-19(13-17)31(29,30)24(3)21-10-5-4-7-16(21)2/h4-14H,1-3H3,(H,23,26). The smallest absolute Gasteiger partial charge is 0.271 e. The van der Waals surface area contributed by atoms with E-state index in [1.54, 1.807) is 19.1 Å². The maximum absolute atomic E-state index is 13.1. The molecule has 31 heavy (non-hydrogen) atoms. The number of anilines is 2. The molecule has 9 heteroatoms. The zero-order valence-electron chi connectivity index (χ0n) is 17.2. The second-order valence-electron chi connectivity index (χ2n) is 7.00. The number of benzene rings is 3. The topological polar surface area (TPSA) is 110 Å². The zero-order chi connectivity index (χ0) is 22.8. The van der Waals surface area contributed by atoms with Gasteiger partial charge in [0.25, 0.3) is 21.6 Å². The minimum atomic E-state index is -3.91. The van der Waals surface area contributed by atoms with Gasteiger partial charge in [0.05, 0.1) is 21.2 Å². The van der Waals surface area contributed by atoms with E-state index >= 15 is 0 Å². The first-order chi connectivity index (χ1) is 14.6. The fraction of sp³-hybridized carbons (Fsp3) is 0.136. The Morgan fingerprint density at radius 1 is 0.968 bits per heavy atom. The maximum Gasteiger partial charge on any atom is 0.271 e. The van der Waals surface area contributed by atoms with Gasteiger partial charge in [-0.15, -0.1) is 0 Å². The third-order valence-electron chi connectivity index (χ3n) is 4.89. The Morgan fingerprint density at radius 2 is 1.68 bits per heavy atom. The molecule has 1 amide bonds. The van der Waals surface area contributed by atoms with Gasteiger partial charge >= 0.3 is 0 Å². The summed E-state index contributed by atoms with van der Waals surface area (Å²) in [6.07, 6.45) is 0. The van der Waals surface area contributed by atoms with E-state index in [1.165, 1.54) is 53.8 Å². The number of non-ortho nitro benzene ring substituents is 1. The Morgan fingerprint density at radius 3 is 2.35 bits per heavy atom. The van der Waals surface area contributed by atoms with Crippen molar-refractivity contribution in [2.75, 3.05) is 16.7 Å². The van der Waals surface area contributed by atoms with Crippen molar-refractivity contribution in [2.24, 2.45) is 0 Å². The Hall–Kier alpha value is -3.72. The number of carbonyl (C=O) groups excluding carboxylic acids is 1.